The number of nitrogens with zero attached hydrogens (tertiary/aromatic N) is 1. The van der Waals surface area contributed by atoms with E-state index in [2.05, 4.69) is 28.2 Å². The number of non-ortho nitro benzene ring substituents is 1. The van der Waals surface area contributed by atoms with Crippen molar-refractivity contribution in [2.45, 2.75) is 45.1 Å². The van der Waals surface area contributed by atoms with Gasteiger partial charge in [-0.3, -0.25) is 10.1 Å². The van der Waals surface area contributed by atoms with Gasteiger partial charge >= 0.3 is 0 Å². The minimum absolute atomic E-state index is 0.132. The van der Waals surface area contributed by atoms with Crippen molar-refractivity contribution in [2.24, 2.45) is 5.92 Å². The van der Waals surface area contributed by atoms with E-state index in [1.807, 2.05) is 0 Å². The van der Waals surface area contributed by atoms with Gasteiger partial charge in [0.05, 0.1) is 10.6 Å². The molecule has 5 heteroatoms. The summed E-state index contributed by atoms with van der Waals surface area (Å²) in [7, 11) is 0. The molecule has 1 aromatic carbocycles. The number of nitro benzene ring substituents is 1. The second-order valence-electron chi connectivity index (χ2n) is 5.38. The summed E-state index contributed by atoms with van der Waals surface area (Å²) < 4.78 is 0.885. The number of nitrogens with one attached hydrogen (secondary N) is 1. The Kier molecular flexibility index (Phi) is 4.80. The Morgan fingerprint density at radius 1 is 1.32 bits per heavy atom. The van der Waals surface area contributed by atoms with Gasteiger partial charge in [0.25, 0.3) is 5.69 Å². The molecule has 2 atom stereocenters. The third-order valence-corrected chi connectivity index (χ3v) is 4.47. The van der Waals surface area contributed by atoms with Crippen LogP contribution in [0.2, 0.25) is 0 Å². The van der Waals surface area contributed by atoms with Gasteiger partial charge in [0.2, 0.25) is 0 Å². The summed E-state index contributed by atoms with van der Waals surface area (Å²) in [4.78, 5) is 10.5. The van der Waals surface area contributed by atoms with Crippen LogP contribution in [0.15, 0.2) is 22.7 Å². The molecule has 2 unspecified atom stereocenters. The Labute approximate surface area is 121 Å². The zero-order valence-electron chi connectivity index (χ0n) is 11.1. The van der Waals surface area contributed by atoms with Gasteiger partial charge in [-0.15, -0.1) is 0 Å². The molecule has 1 N–H and O–H groups in total. The van der Waals surface area contributed by atoms with Crippen LogP contribution in [0.25, 0.3) is 0 Å². The maximum Gasteiger partial charge on any atom is 0.271 e. The van der Waals surface area contributed by atoms with E-state index in [-0.39, 0.29) is 10.6 Å². The number of halogens is 1. The van der Waals surface area contributed by atoms with Crippen molar-refractivity contribution >= 4 is 27.3 Å². The molecule has 0 saturated heterocycles. The molecule has 2 rings (SSSR count). The fourth-order valence-electron chi connectivity index (χ4n) is 2.59. The number of rotatable bonds is 3. The second-order valence-corrected chi connectivity index (χ2v) is 6.23. The molecule has 1 aromatic rings. The van der Waals surface area contributed by atoms with Crippen LogP contribution in [0.5, 0.6) is 0 Å². The quantitative estimate of drug-likeness (QED) is 0.496. The molecule has 0 aromatic heterocycles. The average Bonchev–Trinajstić information content (AvgIpc) is 2.57. The molecule has 4 nitrogen and oxygen atoms in total. The first-order valence-corrected chi connectivity index (χ1v) is 7.56. The van der Waals surface area contributed by atoms with Crippen LogP contribution >= 0.6 is 15.9 Å². The SMILES string of the molecule is CC1CCCC(Nc2cc([N+](=O)[O-])ccc2Br)CC1. The van der Waals surface area contributed by atoms with Crippen molar-refractivity contribution in [3.63, 3.8) is 0 Å². The number of hydrogen-bond donors (Lipinski definition) is 1. The fourth-order valence-corrected chi connectivity index (χ4v) is 2.95. The Balaban J connectivity index is 2.09. The predicted molar refractivity (Wildman–Crippen MR) is 80.5 cm³/mol. The van der Waals surface area contributed by atoms with E-state index in [9.17, 15) is 10.1 Å². The zero-order valence-corrected chi connectivity index (χ0v) is 12.6. The summed E-state index contributed by atoms with van der Waals surface area (Å²) in [5.74, 6) is 0.792. The van der Waals surface area contributed by atoms with Gasteiger partial charge in [0, 0.05) is 22.6 Å². The Bertz CT molecular complexity index is 465. The maximum atomic E-state index is 10.8. The molecule has 0 bridgehead atoms. The van der Waals surface area contributed by atoms with Gasteiger partial charge in [-0.05, 0) is 47.2 Å². The van der Waals surface area contributed by atoms with Gasteiger partial charge in [0.15, 0.2) is 0 Å². The molecule has 1 fully saturated rings. The van der Waals surface area contributed by atoms with Gasteiger partial charge in [-0.25, -0.2) is 0 Å². The average molecular weight is 327 g/mol. The third kappa shape index (κ3) is 3.93. The van der Waals surface area contributed by atoms with E-state index in [0.29, 0.717) is 6.04 Å². The molecule has 0 amide bonds. The third-order valence-electron chi connectivity index (χ3n) is 3.78. The van der Waals surface area contributed by atoms with E-state index >= 15 is 0 Å². The van der Waals surface area contributed by atoms with Crippen molar-refractivity contribution in [1.29, 1.82) is 0 Å². The van der Waals surface area contributed by atoms with Crippen molar-refractivity contribution in [3.05, 3.63) is 32.8 Å². The van der Waals surface area contributed by atoms with Crippen molar-refractivity contribution < 1.29 is 4.92 Å². The molecule has 1 saturated carbocycles. The molecule has 104 valence electrons. The first-order valence-electron chi connectivity index (χ1n) is 6.76. The minimum atomic E-state index is -0.354. The Morgan fingerprint density at radius 3 is 2.84 bits per heavy atom. The number of benzene rings is 1. The van der Waals surface area contributed by atoms with E-state index in [0.717, 1.165) is 28.9 Å². The van der Waals surface area contributed by atoms with Crippen LogP contribution in [0.3, 0.4) is 0 Å². The van der Waals surface area contributed by atoms with Crippen LogP contribution in [0.1, 0.15) is 39.0 Å². The lowest BCUT2D eigenvalue weighted by atomic mass is 10.0. The lowest BCUT2D eigenvalue weighted by Gasteiger charge is -2.18. The highest BCUT2D eigenvalue weighted by Crippen LogP contribution is 2.30. The molecular formula is C14H19BrN2O2. The van der Waals surface area contributed by atoms with Crippen LogP contribution in [-0.4, -0.2) is 11.0 Å². The summed E-state index contributed by atoms with van der Waals surface area (Å²) in [6, 6.07) is 5.28. The highest BCUT2D eigenvalue weighted by atomic mass is 79.9. The predicted octanol–water partition coefficient (Wildman–Crippen LogP) is 4.74. The molecule has 1 aliphatic carbocycles. The molecular weight excluding hydrogens is 308 g/mol. The molecule has 1 aliphatic rings. The van der Waals surface area contributed by atoms with E-state index in [4.69, 9.17) is 0 Å². The normalized spacial score (nSPS) is 23.7. The van der Waals surface area contributed by atoms with Gasteiger partial charge < -0.3 is 5.32 Å². The van der Waals surface area contributed by atoms with Crippen LogP contribution in [0, 0.1) is 16.0 Å². The van der Waals surface area contributed by atoms with Crippen molar-refractivity contribution in [1.82, 2.24) is 0 Å². The minimum Gasteiger partial charge on any atom is -0.381 e. The lowest BCUT2D eigenvalue weighted by molar-refractivity contribution is -0.384. The van der Waals surface area contributed by atoms with Crippen molar-refractivity contribution in [2.75, 3.05) is 5.32 Å². The number of anilines is 1. The molecule has 0 spiro atoms. The van der Waals surface area contributed by atoms with E-state index in [1.54, 1.807) is 12.1 Å². The summed E-state index contributed by atoms with van der Waals surface area (Å²) in [6.45, 7) is 2.30. The van der Waals surface area contributed by atoms with Gasteiger partial charge in [-0.1, -0.05) is 19.8 Å². The van der Waals surface area contributed by atoms with Gasteiger partial charge in [-0.2, -0.15) is 0 Å². The summed E-state index contributed by atoms with van der Waals surface area (Å²) in [5.41, 5.74) is 0.960. The fraction of sp³-hybridized carbons (Fsp3) is 0.571. The Hall–Kier alpha value is -1.10. The smallest absolute Gasteiger partial charge is 0.271 e. The molecule has 0 aliphatic heterocycles. The second kappa shape index (κ2) is 6.37. The number of hydrogen-bond acceptors (Lipinski definition) is 3. The maximum absolute atomic E-state index is 10.8. The summed E-state index contributed by atoms with van der Waals surface area (Å²) in [5, 5.41) is 14.3. The van der Waals surface area contributed by atoms with Crippen LogP contribution in [-0.2, 0) is 0 Å². The zero-order chi connectivity index (χ0) is 13.8. The monoisotopic (exact) mass is 326 g/mol. The first-order chi connectivity index (χ1) is 9.06. The molecule has 19 heavy (non-hydrogen) atoms. The van der Waals surface area contributed by atoms with E-state index in [1.165, 1.54) is 25.3 Å². The topological polar surface area (TPSA) is 55.2 Å². The lowest BCUT2D eigenvalue weighted by Crippen LogP contribution is -2.18. The summed E-state index contributed by atoms with van der Waals surface area (Å²) >= 11 is 3.45. The first kappa shape index (κ1) is 14.3. The van der Waals surface area contributed by atoms with Crippen LogP contribution in [0.4, 0.5) is 11.4 Å². The Morgan fingerprint density at radius 2 is 2.11 bits per heavy atom. The number of nitro groups is 1. The molecule has 0 radical (unpaired) electrons. The largest absolute Gasteiger partial charge is 0.381 e. The van der Waals surface area contributed by atoms with Crippen molar-refractivity contribution in [3.8, 4) is 0 Å². The highest BCUT2D eigenvalue weighted by Gasteiger charge is 2.18. The van der Waals surface area contributed by atoms with Gasteiger partial charge in [0.1, 0.15) is 0 Å². The molecule has 0 heterocycles. The van der Waals surface area contributed by atoms with Crippen LogP contribution < -0.4 is 5.32 Å². The summed E-state index contributed by atoms with van der Waals surface area (Å²) in [6.07, 6.45) is 6.01. The van der Waals surface area contributed by atoms with E-state index < -0.39 is 0 Å². The highest BCUT2D eigenvalue weighted by molar-refractivity contribution is 9.10. The standard InChI is InChI=1S/C14H19BrN2O2/c1-10-3-2-4-11(6-5-10)16-14-9-12(17(18)19)7-8-13(14)15/h7-11,16H,2-6H2,1H3.